The fourth-order valence-electron chi connectivity index (χ4n) is 2.73. The number of esters is 1. The van der Waals surface area contributed by atoms with Gasteiger partial charge < -0.3 is 4.74 Å². The SMILES string of the molecule is O=C(OCc1ccccc1)C(C(=O)c1c(Cl)cccc1Cl)c1ccccc1. The zero-order valence-corrected chi connectivity index (χ0v) is 15.8. The normalized spacial score (nSPS) is 11.6. The average Bonchev–Trinajstić information content (AvgIpc) is 2.68. The Labute approximate surface area is 167 Å². The van der Waals surface area contributed by atoms with E-state index in [0.717, 1.165) is 5.56 Å². The molecule has 0 aliphatic heterocycles. The second-order valence-electron chi connectivity index (χ2n) is 5.90. The number of hydrogen-bond donors (Lipinski definition) is 0. The van der Waals surface area contributed by atoms with Gasteiger partial charge in [0.15, 0.2) is 5.78 Å². The Balaban J connectivity index is 1.92. The number of carbonyl (C=O) groups excluding carboxylic acids is 2. The van der Waals surface area contributed by atoms with E-state index in [4.69, 9.17) is 27.9 Å². The van der Waals surface area contributed by atoms with E-state index >= 15 is 0 Å². The number of benzene rings is 3. The van der Waals surface area contributed by atoms with E-state index in [1.54, 1.807) is 42.5 Å². The van der Waals surface area contributed by atoms with Crippen molar-refractivity contribution in [3.05, 3.63) is 106 Å². The molecule has 3 rings (SSSR count). The molecule has 0 aromatic heterocycles. The molecular weight excluding hydrogens is 383 g/mol. The fraction of sp³-hybridized carbons (Fsp3) is 0.0909. The van der Waals surface area contributed by atoms with Gasteiger partial charge in [0.2, 0.25) is 0 Å². The van der Waals surface area contributed by atoms with Crippen LogP contribution in [0.4, 0.5) is 0 Å². The maximum Gasteiger partial charge on any atom is 0.321 e. The molecule has 1 atom stereocenters. The summed E-state index contributed by atoms with van der Waals surface area (Å²) < 4.78 is 5.42. The molecule has 3 nitrogen and oxygen atoms in total. The van der Waals surface area contributed by atoms with Gasteiger partial charge in [0.05, 0.1) is 15.6 Å². The van der Waals surface area contributed by atoms with Crippen LogP contribution in [0.1, 0.15) is 27.4 Å². The lowest BCUT2D eigenvalue weighted by Crippen LogP contribution is -2.25. The molecule has 3 aromatic carbocycles. The smallest absolute Gasteiger partial charge is 0.321 e. The summed E-state index contributed by atoms with van der Waals surface area (Å²) in [4.78, 5) is 26.0. The van der Waals surface area contributed by atoms with Crippen molar-refractivity contribution in [2.45, 2.75) is 12.5 Å². The number of ketones is 1. The fourth-order valence-corrected chi connectivity index (χ4v) is 3.31. The summed E-state index contributed by atoms with van der Waals surface area (Å²) in [5, 5.41) is 0.397. The number of rotatable bonds is 6. The van der Waals surface area contributed by atoms with Crippen molar-refractivity contribution >= 4 is 35.0 Å². The van der Waals surface area contributed by atoms with Crippen LogP contribution in [-0.2, 0) is 16.1 Å². The molecule has 0 aliphatic rings. The largest absolute Gasteiger partial charge is 0.460 e. The molecule has 0 N–H and O–H groups in total. The summed E-state index contributed by atoms with van der Waals surface area (Å²) in [5.74, 6) is -2.28. The molecule has 5 heteroatoms. The molecule has 0 radical (unpaired) electrons. The summed E-state index contributed by atoms with van der Waals surface area (Å²) in [7, 11) is 0. The molecule has 1 unspecified atom stereocenters. The van der Waals surface area contributed by atoms with Gasteiger partial charge in [-0.25, -0.2) is 0 Å². The molecule has 0 heterocycles. The van der Waals surface area contributed by atoms with Gasteiger partial charge in [-0.3, -0.25) is 9.59 Å². The van der Waals surface area contributed by atoms with Crippen molar-refractivity contribution in [2.75, 3.05) is 0 Å². The van der Waals surface area contributed by atoms with Crippen molar-refractivity contribution in [2.24, 2.45) is 0 Å². The minimum Gasteiger partial charge on any atom is -0.460 e. The van der Waals surface area contributed by atoms with Crippen LogP contribution in [0.2, 0.25) is 10.0 Å². The van der Waals surface area contributed by atoms with Crippen LogP contribution < -0.4 is 0 Å². The highest BCUT2D eigenvalue weighted by Gasteiger charge is 2.33. The lowest BCUT2D eigenvalue weighted by atomic mass is 9.90. The zero-order valence-electron chi connectivity index (χ0n) is 14.3. The third kappa shape index (κ3) is 4.57. The van der Waals surface area contributed by atoms with Gasteiger partial charge in [0.25, 0.3) is 0 Å². The standard InChI is InChI=1S/C22H16Cl2O3/c23-17-12-7-13-18(24)20(17)21(25)19(16-10-5-2-6-11-16)22(26)27-14-15-8-3-1-4-9-15/h1-13,19H,14H2. The summed E-state index contributed by atoms with van der Waals surface area (Å²) >= 11 is 12.4. The van der Waals surface area contributed by atoms with E-state index in [-0.39, 0.29) is 22.2 Å². The van der Waals surface area contributed by atoms with Crippen molar-refractivity contribution in [3.63, 3.8) is 0 Å². The molecular formula is C22H16Cl2O3. The predicted molar refractivity (Wildman–Crippen MR) is 106 cm³/mol. The lowest BCUT2D eigenvalue weighted by molar-refractivity contribution is -0.145. The van der Waals surface area contributed by atoms with Crippen molar-refractivity contribution < 1.29 is 14.3 Å². The Kier molecular flexibility index (Phi) is 6.28. The number of halogens is 2. The van der Waals surface area contributed by atoms with Crippen LogP contribution in [0.15, 0.2) is 78.9 Å². The quantitative estimate of drug-likeness (QED) is 0.303. The van der Waals surface area contributed by atoms with E-state index in [0.29, 0.717) is 5.56 Å². The van der Waals surface area contributed by atoms with Gasteiger partial charge in [0.1, 0.15) is 12.5 Å². The van der Waals surface area contributed by atoms with Crippen LogP contribution in [0.5, 0.6) is 0 Å². The molecule has 0 aliphatic carbocycles. The van der Waals surface area contributed by atoms with E-state index in [1.165, 1.54) is 0 Å². The lowest BCUT2D eigenvalue weighted by Gasteiger charge is -2.17. The van der Waals surface area contributed by atoms with Gasteiger partial charge in [-0.05, 0) is 23.3 Å². The van der Waals surface area contributed by atoms with Crippen molar-refractivity contribution in [1.29, 1.82) is 0 Å². The minimum atomic E-state index is -1.15. The van der Waals surface area contributed by atoms with Crippen molar-refractivity contribution in [1.82, 2.24) is 0 Å². The van der Waals surface area contributed by atoms with Crippen LogP contribution in [0.25, 0.3) is 0 Å². The third-order valence-electron chi connectivity index (χ3n) is 4.06. The van der Waals surface area contributed by atoms with E-state index < -0.39 is 17.7 Å². The first-order valence-corrected chi connectivity index (χ1v) is 9.07. The highest BCUT2D eigenvalue weighted by molar-refractivity contribution is 6.40. The van der Waals surface area contributed by atoms with Gasteiger partial charge in [-0.15, -0.1) is 0 Å². The first-order chi connectivity index (χ1) is 13.1. The Morgan fingerprint density at radius 1 is 0.778 bits per heavy atom. The number of carbonyl (C=O) groups is 2. The Morgan fingerprint density at radius 3 is 1.93 bits per heavy atom. The van der Waals surface area contributed by atoms with Crippen LogP contribution in [0, 0.1) is 0 Å². The van der Waals surface area contributed by atoms with Crippen molar-refractivity contribution in [3.8, 4) is 0 Å². The summed E-state index contributed by atoms with van der Waals surface area (Å²) in [5.41, 5.74) is 1.48. The summed E-state index contributed by atoms with van der Waals surface area (Å²) in [6.45, 7) is 0.0759. The van der Waals surface area contributed by atoms with Crippen LogP contribution >= 0.6 is 23.2 Å². The molecule has 27 heavy (non-hydrogen) atoms. The topological polar surface area (TPSA) is 43.4 Å². The molecule has 0 bridgehead atoms. The highest BCUT2D eigenvalue weighted by Crippen LogP contribution is 2.31. The first-order valence-electron chi connectivity index (χ1n) is 8.31. The number of Topliss-reactive ketones (excluding diaryl/α,β-unsaturated/α-hetero) is 1. The summed E-state index contributed by atoms with van der Waals surface area (Å²) in [6, 6.07) is 22.8. The number of hydrogen-bond acceptors (Lipinski definition) is 3. The van der Waals surface area contributed by atoms with Gasteiger partial charge >= 0.3 is 5.97 Å². The maximum atomic E-state index is 13.2. The molecule has 0 amide bonds. The molecule has 0 saturated heterocycles. The third-order valence-corrected chi connectivity index (χ3v) is 4.69. The zero-order chi connectivity index (χ0) is 19.2. The Morgan fingerprint density at radius 2 is 1.33 bits per heavy atom. The van der Waals surface area contributed by atoms with Gasteiger partial charge in [-0.1, -0.05) is 89.9 Å². The van der Waals surface area contributed by atoms with E-state index in [1.807, 2.05) is 36.4 Å². The van der Waals surface area contributed by atoms with E-state index in [2.05, 4.69) is 0 Å². The minimum absolute atomic E-state index is 0.0759. The Bertz CT molecular complexity index is 920. The van der Waals surface area contributed by atoms with E-state index in [9.17, 15) is 9.59 Å². The predicted octanol–water partition coefficient (Wildman–Crippen LogP) is 5.70. The molecule has 136 valence electrons. The van der Waals surface area contributed by atoms with Gasteiger partial charge in [-0.2, -0.15) is 0 Å². The number of ether oxygens (including phenoxy) is 1. The maximum absolute atomic E-state index is 13.2. The van der Waals surface area contributed by atoms with Crippen LogP contribution in [-0.4, -0.2) is 11.8 Å². The molecule has 3 aromatic rings. The summed E-state index contributed by atoms with van der Waals surface area (Å²) in [6.07, 6.45) is 0. The average molecular weight is 399 g/mol. The molecule has 0 saturated carbocycles. The Hall–Kier alpha value is -2.62. The van der Waals surface area contributed by atoms with Crippen LogP contribution in [0.3, 0.4) is 0 Å². The van der Waals surface area contributed by atoms with Gasteiger partial charge in [0, 0.05) is 0 Å². The first kappa shape index (κ1) is 19.2. The highest BCUT2D eigenvalue weighted by atomic mass is 35.5. The monoisotopic (exact) mass is 398 g/mol. The molecule has 0 spiro atoms. The molecule has 0 fully saturated rings. The second-order valence-corrected chi connectivity index (χ2v) is 6.71. The second kappa shape index (κ2) is 8.85.